The Kier molecular flexibility index (Phi) is 3.84. The molecule has 0 saturated carbocycles. The summed E-state index contributed by atoms with van der Waals surface area (Å²) in [5.74, 6) is -0.250. The molecule has 0 aliphatic rings. The highest BCUT2D eigenvalue weighted by atomic mass is 19.4. The van der Waals surface area contributed by atoms with Gasteiger partial charge in [-0.2, -0.15) is 18.2 Å². The van der Waals surface area contributed by atoms with Crippen molar-refractivity contribution in [2.45, 2.75) is 6.18 Å². The lowest BCUT2D eigenvalue weighted by molar-refractivity contribution is -0.137. The number of ether oxygens (including phenoxy) is 1. The molecule has 3 aromatic rings. The number of phenolic OH excluding ortho intramolecular Hbond substituents is 1. The molecule has 0 amide bonds. The Labute approximate surface area is 133 Å². The number of pyridine rings is 1. The summed E-state index contributed by atoms with van der Waals surface area (Å²) in [7, 11) is 1.43. The van der Waals surface area contributed by atoms with E-state index in [4.69, 9.17) is 9.26 Å². The summed E-state index contributed by atoms with van der Waals surface area (Å²) in [6, 6.07) is 6.33. The second-order valence-corrected chi connectivity index (χ2v) is 4.70. The molecule has 6 nitrogen and oxygen atoms in total. The highest BCUT2D eigenvalue weighted by molar-refractivity contribution is 5.66. The van der Waals surface area contributed by atoms with E-state index in [0.717, 1.165) is 6.07 Å². The van der Waals surface area contributed by atoms with Crippen molar-refractivity contribution in [3.63, 3.8) is 0 Å². The van der Waals surface area contributed by atoms with Crippen LogP contribution in [0.3, 0.4) is 0 Å². The first kappa shape index (κ1) is 15.8. The molecule has 0 spiro atoms. The van der Waals surface area contributed by atoms with Crippen LogP contribution in [0, 0.1) is 0 Å². The minimum Gasteiger partial charge on any atom is -0.507 e. The summed E-state index contributed by atoms with van der Waals surface area (Å²) < 4.78 is 49.1. The monoisotopic (exact) mass is 337 g/mol. The summed E-state index contributed by atoms with van der Waals surface area (Å²) >= 11 is 0. The minimum absolute atomic E-state index is 0.137. The van der Waals surface area contributed by atoms with E-state index in [-0.39, 0.29) is 23.0 Å². The van der Waals surface area contributed by atoms with Crippen molar-refractivity contribution in [1.82, 2.24) is 15.1 Å². The van der Waals surface area contributed by atoms with Gasteiger partial charge in [-0.25, -0.2) is 0 Å². The molecule has 3 rings (SSSR count). The van der Waals surface area contributed by atoms with Crippen LogP contribution in [0.25, 0.3) is 23.0 Å². The number of methoxy groups -OCH3 is 1. The highest BCUT2D eigenvalue weighted by Gasteiger charge is 2.35. The maximum atomic E-state index is 13.0. The maximum absolute atomic E-state index is 13.0. The third-order valence-corrected chi connectivity index (χ3v) is 3.19. The predicted octanol–water partition coefficient (Wildman–Crippen LogP) is 3.53. The van der Waals surface area contributed by atoms with Gasteiger partial charge in [0.15, 0.2) is 0 Å². The number of nitrogens with zero attached hydrogens (tertiary/aromatic N) is 3. The molecule has 1 N–H and O–H groups in total. The van der Waals surface area contributed by atoms with Crippen molar-refractivity contribution in [3.8, 4) is 34.5 Å². The van der Waals surface area contributed by atoms with Gasteiger partial charge >= 0.3 is 6.18 Å². The average Bonchev–Trinajstić information content (AvgIpc) is 3.04. The van der Waals surface area contributed by atoms with Crippen LogP contribution in [-0.2, 0) is 6.18 Å². The van der Waals surface area contributed by atoms with Crippen LogP contribution < -0.4 is 4.74 Å². The number of hydrogen-bond acceptors (Lipinski definition) is 6. The molecule has 24 heavy (non-hydrogen) atoms. The van der Waals surface area contributed by atoms with Gasteiger partial charge in [0.1, 0.15) is 17.2 Å². The Hall–Kier alpha value is -3.10. The second-order valence-electron chi connectivity index (χ2n) is 4.70. The van der Waals surface area contributed by atoms with Crippen LogP contribution in [0.2, 0.25) is 0 Å². The first-order valence-corrected chi connectivity index (χ1v) is 6.64. The summed E-state index contributed by atoms with van der Waals surface area (Å²) in [5.41, 5.74) is -1.30. The summed E-state index contributed by atoms with van der Waals surface area (Å²) in [5, 5.41) is 13.4. The molecule has 0 fully saturated rings. The zero-order valence-corrected chi connectivity index (χ0v) is 12.2. The van der Waals surface area contributed by atoms with E-state index < -0.39 is 17.4 Å². The average molecular weight is 337 g/mol. The molecule has 0 bridgehead atoms. The van der Waals surface area contributed by atoms with Gasteiger partial charge in [0.05, 0.1) is 18.2 Å². The molecule has 2 aromatic heterocycles. The molecule has 124 valence electrons. The van der Waals surface area contributed by atoms with E-state index in [1.807, 2.05) is 0 Å². The predicted molar refractivity (Wildman–Crippen MR) is 76.2 cm³/mol. The minimum atomic E-state index is -4.61. The molecule has 9 heteroatoms. The van der Waals surface area contributed by atoms with Crippen LogP contribution in [0.15, 0.2) is 41.1 Å². The molecule has 0 aliphatic carbocycles. The zero-order valence-electron chi connectivity index (χ0n) is 12.2. The number of alkyl halides is 3. The van der Waals surface area contributed by atoms with Gasteiger partial charge in [-0.05, 0) is 30.3 Å². The van der Waals surface area contributed by atoms with E-state index in [2.05, 4.69) is 15.1 Å². The van der Waals surface area contributed by atoms with Crippen LogP contribution >= 0.6 is 0 Å². The van der Waals surface area contributed by atoms with Crippen LogP contribution in [-0.4, -0.2) is 27.3 Å². The van der Waals surface area contributed by atoms with Crippen LogP contribution in [0.4, 0.5) is 13.2 Å². The van der Waals surface area contributed by atoms with E-state index in [1.165, 1.54) is 37.6 Å². The molecule has 0 saturated heterocycles. The number of benzene rings is 1. The molecule has 1 aromatic carbocycles. The lowest BCUT2D eigenvalue weighted by Crippen LogP contribution is -2.08. The van der Waals surface area contributed by atoms with E-state index >= 15 is 0 Å². The lowest BCUT2D eigenvalue weighted by Gasteiger charge is -2.08. The number of rotatable bonds is 3. The second kappa shape index (κ2) is 5.84. The van der Waals surface area contributed by atoms with Crippen molar-refractivity contribution in [3.05, 3.63) is 42.1 Å². The SMILES string of the molecule is COc1ccc(O)c(-c2nc(-c3ncccc3C(F)(F)F)no2)c1. The molecule has 2 heterocycles. The quantitative estimate of drug-likeness (QED) is 0.787. The highest BCUT2D eigenvalue weighted by Crippen LogP contribution is 2.36. The largest absolute Gasteiger partial charge is 0.507 e. The Bertz CT molecular complexity index is 878. The normalized spacial score (nSPS) is 11.5. The van der Waals surface area contributed by atoms with Crippen LogP contribution in [0.1, 0.15) is 5.56 Å². The molecular formula is C15H10F3N3O3. The van der Waals surface area contributed by atoms with Gasteiger partial charge in [-0.1, -0.05) is 5.16 Å². The van der Waals surface area contributed by atoms with Crippen molar-refractivity contribution in [1.29, 1.82) is 0 Å². The Morgan fingerprint density at radius 2 is 2.00 bits per heavy atom. The summed E-state index contributed by atoms with van der Waals surface area (Å²) in [6.07, 6.45) is -3.41. The van der Waals surface area contributed by atoms with Crippen molar-refractivity contribution in [2.75, 3.05) is 7.11 Å². The van der Waals surface area contributed by atoms with Gasteiger partial charge < -0.3 is 14.4 Å². The summed E-state index contributed by atoms with van der Waals surface area (Å²) in [4.78, 5) is 7.59. The lowest BCUT2D eigenvalue weighted by atomic mass is 10.1. The van der Waals surface area contributed by atoms with E-state index in [1.54, 1.807) is 0 Å². The number of aromatic nitrogens is 3. The Balaban J connectivity index is 2.07. The van der Waals surface area contributed by atoms with Gasteiger partial charge in [0.25, 0.3) is 5.89 Å². The first-order valence-electron chi connectivity index (χ1n) is 6.64. The fraction of sp³-hybridized carbons (Fsp3) is 0.133. The molecule has 0 atom stereocenters. The number of halogens is 3. The van der Waals surface area contributed by atoms with Gasteiger partial charge in [0.2, 0.25) is 5.82 Å². The third kappa shape index (κ3) is 2.87. The summed E-state index contributed by atoms with van der Waals surface area (Å²) in [6.45, 7) is 0. The van der Waals surface area contributed by atoms with E-state index in [0.29, 0.717) is 5.75 Å². The Morgan fingerprint density at radius 3 is 2.71 bits per heavy atom. The number of hydrogen-bond donors (Lipinski definition) is 1. The third-order valence-electron chi connectivity index (χ3n) is 3.19. The first-order chi connectivity index (χ1) is 11.4. The maximum Gasteiger partial charge on any atom is 0.418 e. The fourth-order valence-electron chi connectivity index (χ4n) is 2.05. The molecular weight excluding hydrogens is 327 g/mol. The number of phenols is 1. The van der Waals surface area contributed by atoms with Crippen molar-refractivity contribution in [2.24, 2.45) is 0 Å². The topological polar surface area (TPSA) is 81.3 Å². The van der Waals surface area contributed by atoms with E-state index in [9.17, 15) is 18.3 Å². The molecule has 0 unspecified atom stereocenters. The number of aromatic hydroxyl groups is 1. The van der Waals surface area contributed by atoms with Gasteiger partial charge in [-0.15, -0.1) is 0 Å². The molecule has 0 aliphatic heterocycles. The zero-order chi connectivity index (χ0) is 17.3. The fourth-order valence-corrected chi connectivity index (χ4v) is 2.05. The smallest absolute Gasteiger partial charge is 0.418 e. The van der Waals surface area contributed by atoms with Gasteiger partial charge in [0, 0.05) is 6.20 Å². The van der Waals surface area contributed by atoms with Crippen molar-refractivity contribution >= 4 is 0 Å². The van der Waals surface area contributed by atoms with Crippen molar-refractivity contribution < 1.29 is 27.5 Å². The standard InChI is InChI=1S/C15H10F3N3O3/c1-23-8-4-5-11(22)9(7-8)14-20-13(21-24-14)12-10(15(16,17)18)3-2-6-19-12/h2-7,22H,1H3. The van der Waals surface area contributed by atoms with Crippen LogP contribution in [0.5, 0.6) is 11.5 Å². The molecule has 0 radical (unpaired) electrons. The van der Waals surface area contributed by atoms with Gasteiger partial charge in [-0.3, -0.25) is 4.98 Å². The Morgan fingerprint density at radius 1 is 1.21 bits per heavy atom.